The van der Waals surface area contributed by atoms with E-state index in [1.165, 1.54) is 6.92 Å². The molecule has 0 atom stereocenters. The van der Waals surface area contributed by atoms with Crippen LogP contribution in [0.5, 0.6) is 5.75 Å². The molecule has 0 spiro atoms. The van der Waals surface area contributed by atoms with Crippen molar-refractivity contribution in [2.75, 3.05) is 17.7 Å². The minimum atomic E-state index is -0.234. The first-order valence-electron chi connectivity index (χ1n) is 7.25. The summed E-state index contributed by atoms with van der Waals surface area (Å²) in [5, 5.41) is 5.53. The highest BCUT2D eigenvalue weighted by Crippen LogP contribution is 2.30. The van der Waals surface area contributed by atoms with Gasteiger partial charge in [-0.25, -0.2) is 0 Å². The van der Waals surface area contributed by atoms with Gasteiger partial charge in [-0.15, -0.1) is 0 Å². The lowest BCUT2D eigenvalue weighted by molar-refractivity contribution is -0.114. The molecule has 5 nitrogen and oxygen atoms in total. The van der Waals surface area contributed by atoms with Crippen molar-refractivity contribution in [3.05, 3.63) is 53.1 Å². The van der Waals surface area contributed by atoms with Gasteiger partial charge in [0.25, 0.3) is 5.91 Å². The first-order valence-corrected chi connectivity index (χ1v) is 7.25. The fourth-order valence-corrected chi connectivity index (χ4v) is 2.42. The fourth-order valence-electron chi connectivity index (χ4n) is 2.42. The second kappa shape index (κ2) is 6.96. The molecule has 0 saturated heterocycles. The maximum atomic E-state index is 12.4. The van der Waals surface area contributed by atoms with E-state index in [1.54, 1.807) is 31.4 Å². The lowest BCUT2D eigenvalue weighted by Gasteiger charge is -2.14. The fraction of sp³-hybridized carbons (Fsp3) is 0.222. The molecule has 0 bridgehead atoms. The molecule has 2 rings (SSSR count). The van der Waals surface area contributed by atoms with Gasteiger partial charge in [0.15, 0.2) is 0 Å². The topological polar surface area (TPSA) is 67.4 Å². The van der Waals surface area contributed by atoms with Gasteiger partial charge < -0.3 is 15.4 Å². The maximum Gasteiger partial charge on any atom is 0.255 e. The number of carbonyl (C=O) groups is 2. The normalized spacial score (nSPS) is 10.1. The van der Waals surface area contributed by atoms with E-state index < -0.39 is 0 Å². The Hall–Kier alpha value is -2.82. The van der Waals surface area contributed by atoms with Crippen molar-refractivity contribution < 1.29 is 14.3 Å². The number of ether oxygens (including phenoxy) is 1. The number of methoxy groups -OCH3 is 1. The summed E-state index contributed by atoms with van der Waals surface area (Å²) in [5.74, 6) is 0.267. The number of hydrogen-bond acceptors (Lipinski definition) is 3. The second-order valence-corrected chi connectivity index (χ2v) is 5.38. The Bertz CT molecular complexity index is 737. The van der Waals surface area contributed by atoms with Gasteiger partial charge in [0, 0.05) is 18.2 Å². The zero-order valence-electron chi connectivity index (χ0n) is 13.7. The summed E-state index contributed by atoms with van der Waals surface area (Å²) in [5.41, 5.74) is 3.79. The Morgan fingerprint density at radius 3 is 2.22 bits per heavy atom. The summed E-state index contributed by atoms with van der Waals surface area (Å²) in [6.07, 6.45) is 0. The highest BCUT2D eigenvalue weighted by Gasteiger charge is 2.12. The van der Waals surface area contributed by atoms with E-state index in [-0.39, 0.29) is 11.8 Å². The molecule has 2 aromatic carbocycles. The zero-order valence-corrected chi connectivity index (χ0v) is 13.7. The number of hydrogen-bond donors (Lipinski definition) is 2. The smallest absolute Gasteiger partial charge is 0.255 e. The standard InChI is InChI=1S/C18H20N2O3/c1-11-9-12(2)17(23-4)16(10-11)20-18(22)14-5-7-15(8-6-14)19-13(3)21/h5-10H,1-4H3,(H,19,21)(H,20,22). The van der Waals surface area contributed by atoms with Crippen molar-refractivity contribution in [2.24, 2.45) is 0 Å². The predicted molar refractivity (Wildman–Crippen MR) is 91.2 cm³/mol. The largest absolute Gasteiger partial charge is 0.494 e. The number of rotatable bonds is 4. The van der Waals surface area contributed by atoms with E-state index in [0.29, 0.717) is 22.7 Å². The molecule has 120 valence electrons. The van der Waals surface area contributed by atoms with Crippen LogP contribution in [0.15, 0.2) is 36.4 Å². The monoisotopic (exact) mass is 312 g/mol. The van der Waals surface area contributed by atoms with Crippen LogP contribution in [0.25, 0.3) is 0 Å². The van der Waals surface area contributed by atoms with Gasteiger partial charge in [0.05, 0.1) is 12.8 Å². The van der Waals surface area contributed by atoms with Gasteiger partial charge in [-0.3, -0.25) is 9.59 Å². The summed E-state index contributed by atoms with van der Waals surface area (Å²) in [7, 11) is 1.58. The molecule has 2 aromatic rings. The third kappa shape index (κ3) is 4.10. The summed E-state index contributed by atoms with van der Waals surface area (Å²) in [6.45, 7) is 5.33. The lowest BCUT2D eigenvalue weighted by atomic mass is 10.1. The lowest BCUT2D eigenvalue weighted by Crippen LogP contribution is -2.13. The van der Waals surface area contributed by atoms with Crippen LogP contribution < -0.4 is 15.4 Å². The van der Waals surface area contributed by atoms with Crippen molar-refractivity contribution in [1.29, 1.82) is 0 Å². The Morgan fingerprint density at radius 2 is 1.65 bits per heavy atom. The summed E-state index contributed by atoms with van der Waals surface area (Å²) < 4.78 is 5.37. The van der Waals surface area contributed by atoms with Crippen LogP contribution in [0, 0.1) is 13.8 Å². The SMILES string of the molecule is COc1c(C)cc(C)cc1NC(=O)c1ccc(NC(C)=O)cc1. The van der Waals surface area contributed by atoms with Crippen LogP contribution in [0.3, 0.4) is 0 Å². The minimum absolute atomic E-state index is 0.151. The van der Waals surface area contributed by atoms with Crippen LogP contribution in [-0.2, 0) is 4.79 Å². The third-order valence-electron chi connectivity index (χ3n) is 3.34. The number of carbonyl (C=O) groups excluding carboxylic acids is 2. The van der Waals surface area contributed by atoms with Gasteiger partial charge in [0.1, 0.15) is 5.75 Å². The molecule has 0 aliphatic heterocycles. The number of aryl methyl sites for hydroxylation is 2. The number of benzene rings is 2. The van der Waals surface area contributed by atoms with E-state index in [9.17, 15) is 9.59 Å². The van der Waals surface area contributed by atoms with Crippen LogP contribution in [0.1, 0.15) is 28.4 Å². The van der Waals surface area contributed by atoms with Gasteiger partial charge in [-0.05, 0) is 55.3 Å². The van der Waals surface area contributed by atoms with Gasteiger partial charge >= 0.3 is 0 Å². The average molecular weight is 312 g/mol. The molecule has 0 fully saturated rings. The van der Waals surface area contributed by atoms with Crippen molar-refractivity contribution >= 4 is 23.2 Å². The van der Waals surface area contributed by atoms with Crippen LogP contribution >= 0.6 is 0 Å². The maximum absolute atomic E-state index is 12.4. The Labute approximate surface area is 135 Å². The summed E-state index contributed by atoms with van der Waals surface area (Å²) >= 11 is 0. The van der Waals surface area contributed by atoms with Crippen molar-refractivity contribution in [1.82, 2.24) is 0 Å². The van der Waals surface area contributed by atoms with Gasteiger partial charge in [-0.1, -0.05) is 6.07 Å². The average Bonchev–Trinajstić information content (AvgIpc) is 2.47. The minimum Gasteiger partial charge on any atom is -0.494 e. The van der Waals surface area contributed by atoms with E-state index >= 15 is 0 Å². The molecule has 5 heteroatoms. The van der Waals surface area contributed by atoms with E-state index in [1.807, 2.05) is 26.0 Å². The summed E-state index contributed by atoms with van der Waals surface area (Å²) in [4.78, 5) is 23.4. The molecule has 2 N–H and O–H groups in total. The zero-order chi connectivity index (χ0) is 17.0. The molecule has 0 aliphatic carbocycles. The quantitative estimate of drug-likeness (QED) is 0.907. The molecule has 0 heterocycles. The molecule has 2 amide bonds. The number of nitrogens with one attached hydrogen (secondary N) is 2. The molecule has 0 aromatic heterocycles. The van der Waals surface area contributed by atoms with E-state index in [4.69, 9.17) is 4.74 Å². The van der Waals surface area contributed by atoms with Crippen LogP contribution in [0.2, 0.25) is 0 Å². The van der Waals surface area contributed by atoms with E-state index in [2.05, 4.69) is 10.6 Å². The van der Waals surface area contributed by atoms with Crippen LogP contribution in [0.4, 0.5) is 11.4 Å². The molecule has 0 saturated carbocycles. The van der Waals surface area contributed by atoms with Crippen molar-refractivity contribution in [2.45, 2.75) is 20.8 Å². The van der Waals surface area contributed by atoms with Crippen molar-refractivity contribution in [3.8, 4) is 5.75 Å². The molecule has 0 radical (unpaired) electrons. The Kier molecular flexibility index (Phi) is 5.01. The van der Waals surface area contributed by atoms with Crippen molar-refractivity contribution in [3.63, 3.8) is 0 Å². The predicted octanol–water partition coefficient (Wildman–Crippen LogP) is 3.52. The molecular weight excluding hydrogens is 292 g/mol. The molecular formula is C18H20N2O3. The van der Waals surface area contributed by atoms with E-state index in [0.717, 1.165) is 11.1 Å². The van der Waals surface area contributed by atoms with Gasteiger partial charge in [0.2, 0.25) is 5.91 Å². The number of anilines is 2. The Balaban J connectivity index is 2.21. The second-order valence-electron chi connectivity index (χ2n) is 5.38. The molecule has 0 aliphatic rings. The molecule has 23 heavy (non-hydrogen) atoms. The highest BCUT2D eigenvalue weighted by molar-refractivity contribution is 6.05. The Morgan fingerprint density at radius 1 is 1.00 bits per heavy atom. The molecule has 0 unspecified atom stereocenters. The number of amides is 2. The highest BCUT2D eigenvalue weighted by atomic mass is 16.5. The van der Waals surface area contributed by atoms with Crippen LogP contribution in [-0.4, -0.2) is 18.9 Å². The van der Waals surface area contributed by atoms with Gasteiger partial charge in [-0.2, -0.15) is 0 Å². The first kappa shape index (κ1) is 16.5. The third-order valence-corrected chi connectivity index (χ3v) is 3.34. The first-order chi connectivity index (χ1) is 10.9. The summed E-state index contributed by atoms with van der Waals surface area (Å²) in [6, 6.07) is 10.6.